The van der Waals surface area contributed by atoms with Crippen LogP contribution < -0.4 is 15.8 Å². The molecule has 0 saturated heterocycles. The average molecular weight is 339 g/mol. The van der Waals surface area contributed by atoms with Gasteiger partial charge in [-0.25, -0.2) is 4.39 Å². The molecule has 0 heterocycles. The minimum Gasteiger partial charge on any atom is -0.484 e. The van der Waals surface area contributed by atoms with E-state index < -0.39 is 11.4 Å². The summed E-state index contributed by atoms with van der Waals surface area (Å²) in [5.74, 6) is -0.444. The van der Waals surface area contributed by atoms with Crippen LogP contribution in [0.15, 0.2) is 18.2 Å². The zero-order valence-corrected chi connectivity index (χ0v) is 13.7. The third kappa shape index (κ3) is 5.69. The predicted octanol–water partition coefficient (Wildman–Crippen LogP) is 2.91. The van der Waals surface area contributed by atoms with Gasteiger partial charge in [-0.3, -0.25) is 4.79 Å². The van der Waals surface area contributed by atoms with Gasteiger partial charge in [-0.2, -0.15) is 0 Å². The summed E-state index contributed by atoms with van der Waals surface area (Å²) in [6, 6.07) is 3.95. The van der Waals surface area contributed by atoms with Gasteiger partial charge in [-0.1, -0.05) is 25.4 Å². The molecule has 0 bridgehead atoms. The Morgan fingerprint density at radius 1 is 1.43 bits per heavy atom. The van der Waals surface area contributed by atoms with E-state index in [1.165, 1.54) is 18.2 Å². The monoisotopic (exact) mass is 338 g/mol. The second kappa shape index (κ2) is 9.07. The quantitative estimate of drug-likeness (QED) is 0.803. The fourth-order valence-electron chi connectivity index (χ4n) is 1.81. The lowest BCUT2D eigenvalue weighted by Gasteiger charge is -2.31. The molecule has 0 atom stereocenters. The predicted molar refractivity (Wildman–Crippen MR) is 84.7 cm³/mol. The zero-order valence-electron chi connectivity index (χ0n) is 12.1. The van der Waals surface area contributed by atoms with Gasteiger partial charge in [0.25, 0.3) is 5.91 Å². The molecule has 3 N–H and O–H groups in total. The summed E-state index contributed by atoms with van der Waals surface area (Å²) in [5, 5.41) is 2.84. The Morgan fingerprint density at radius 3 is 2.52 bits per heavy atom. The maximum atomic E-state index is 13.0. The third-order valence-electron chi connectivity index (χ3n) is 3.41. The van der Waals surface area contributed by atoms with Crippen LogP contribution in [0.25, 0.3) is 0 Å². The van der Waals surface area contributed by atoms with Gasteiger partial charge < -0.3 is 15.8 Å². The van der Waals surface area contributed by atoms with Gasteiger partial charge in [-0.05, 0) is 25.0 Å². The first-order valence-electron chi connectivity index (χ1n) is 6.55. The molecule has 4 nitrogen and oxygen atoms in total. The minimum absolute atomic E-state index is 0. The number of nitrogens with two attached hydrogens (primary N) is 1. The summed E-state index contributed by atoms with van der Waals surface area (Å²) < 4.78 is 18.3. The molecule has 0 aliphatic rings. The van der Waals surface area contributed by atoms with Crippen molar-refractivity contribution in [2.75, 3.05) is 13.2 Å². The first-order chi connectivity index (χ1) is 9.46. The van der Waals surface area contributed by atoms with Gasteiger partial charge in [0.1, 0.15) is 11.6 Å². The number of carbonyl (C=O) groups is 1. The first-order valence-corrected chi connectivity index (χ1v) is 6.93. The summed E-state index contributed by atoms with van der Waals surface area (Å²) in [5.41, 5.74) is 5.30. The standard InChI is InChI=1S/C14H20ClFN2O2.ClH/c1-3-14(4-2,9-17)18-13(19)8-20-10-5-6-12(16)11(15)7-10;/h5-7H,3-4,8-9,17H2,1-2H3,(H,18,19);1H. The number of carbonyl (C=O) groups excluding carboxylic acids is 1. The van der Waals surface area contributed by atoms with Crippen LogP contribution in [0.5, 0.6) is 5.75 Å². The van der Waals surface area contributed by atoms with Crippen LogP contribution in [0.1, 0.15) is 26.7 Å². The van der Waals surface area contributed by atoms with E-state index in [9.17, 15) is 9.18 Å². The van der Waals surface area contributed by atoms with Crippen LogP contribution in [0.4, 0.5) is 4.39 Å². The highest BCUT2D eigenvalue weighted by Gasteiger charge is 2.26. The molecule has 7 heteroatoms. The van der Waals surface area contributed by atoms with Crippen molar-refractivity contribution in [3.63, 3.8) is 0 Å². The fraction of sp³-hybridized carbons (Fsp3) is 0.500. The molecule has 1 aromatic rings. The number of hydrogen-bond acceptors (Lipinski definition) is 3. The Hall–Kier alpha value is -1.04. The third-order valence-corrected chi connectivity index (χ3v) is 3.70. The lowest BCUT2D eigenvalue weighted by molar-refractivity contribution is -0.125. The van der Waals surface area contributed by atoms with Crippen LogP contribution in [0.2, 0.25) is 5.02 Å². The number of halogens is 3. The normalized spacial score (nSPS) is 10.7. The molecule has 120 valence electrons. The van der Waals surface area contributed by atoms with E-state index >= 15 is 0 Å². The maximum absolute atomic E-state index is 13.0. The van der Waals surface area contributed by atoms with Crippen LogP contribution in [0, 0.1) is 5.82 Å². The summed E-state index contributed by atoms with van der Waals surface area (Å²) in [4.78, 5) is 11.9. The smallest absolute Gasteiger partial charge is 0.258 e. The van der Waals surface area contributed by atoms with Crippen LogP contribution in [-0.2, 0) is 4.79 Å². The van der Waals surface area contributed by atoms with E-state index in [1.54, 1.807) is 0 Å². The Labute approximate surface area is 135 Å². The van der Waals surface area contributed by atoms with E-state index in [4.69, 9.17) is 22.1 Å². The Kier molecular flexibility index (Phi) is 8.63. The van der Waals surface area contributed by atoms with Crippen molar-refractivity contribution in [3.05, 3.63) is 29.0 Å². The summed E-state index contributed by atoms with van der Waals surface area (Å²) in [6.45, 7) is 4.15. The molecule has 0 aromatic heterocycles. The van der Waals surface area contributed by atoms with Gasteiger partial charge in [0.05, 0.1) is 10.6 Å². The molecule has 0 spiro atoms. The molecule has 0 fully saturated rings. The maximum Gasteiger partial charge on any atom is 0.258 e. The van der Waals surface area contributed by atoms with Gasteiger partial charge in [0.2, 0.25) is 0 Å². The molecule has 1 aromatic carbocycles. The SMILES string of the molecule is CCC(CC)(CN)NC(=O)COc1ccc(F)c(Cl)c1.Cl. The van der Waals surface area contributed by atoms with Crippen molar-refractivity contribution < 1.29 is 13.9 Å². The van der Waals surface area contributed by atoms with Gasteiger partial charge in [0, 0.05) is 12.6 Å². The van der Waals surface area contributed by atoms with Gasteiger partial charge in [-0.15, -0.1) is 12.4 Å². The summed E-state index contributed by atoms with van der Waals surface area (Å²) in [6.07, 6.45) is 1.49. The van der Waals surface area contributed by atoms with E-state index in [0.29, 0.717) is 12.3 Å². The van der Waals surface area contributed by atoms with Crippen molar-refractivity contribution in [1.82, 2.24) is 5.32 Å². The molecule has 0 unspecified atom stereocenters. The number of rotatable bonds is 7. The number of benzene rings is 1. The highest BCUT2D eigenvalue weighted by atomic mass is 35.5. The second-order valence-electron chi connectivity index (χ2n) is 4.60. The number of amides is 1. The average Bonchev–Trinajstić information content (AvgIpc) is 2.46. The second-order valence-corrected chi connectivity index (χ2v) is 5.01. The van der Waals surface area contributed by atoms with Gasteiger partial charge >= 0.3 is 0 Å². The molecule has 0 saturated carbocycles. The molecular weight excluding hydrogens is 318 g/mol. The Bertz CT molecular complexity index is 460. The van der Waals surface area contributed by atoms with E-state index in [-0.39, 0.29) is 29.9 Å². The molecular formula is C14H21Cl2FN2O2. The fourth-order valence-corrected chi connectivity index (χ4v) is 1.98. The van der Waals surface area contributed by atoms with Gasteiger partial charge in [0.15, 0.2) is 6.61 Å². The van der Waals surface area contributed by atoms with Crippen LogP contribution >= 0.6 is 24.0 Å². The first kappa shape index (κ1) is 20.0. The number of ether oxygens (including phenoxy) is 1. The van der Waals surface area contributed by atoms with Crippen molar-refractivity contribution in [1.29, 1.82) is 0 Å². The zero-order chi connectivity index (χ0) is 15.2. The van der Waals surface area contributed by atoms with E-state index in [2.05, 4.69) is 5.32 Å². The highest BCUT2D eigenvalue weighted by molar-refractivity contribution is 6.30. The van der Waals surface area contributed by atoms with Crippen molar-refractivity contribution in [2.24, 2.45) is 5.73 Å². The lowest BCUT2D eigenvalue weighted by atomic mass is 9.93. The molecule has 0 aliphatic heterocycles. The lowest BCUT2D eigenvalue weighted by Crippen LogP contribution is -2.54. The van der Waals surface area contributed by atoms with Crippen molar-refractivity contribution >= 4 is 29.9 Å². The van der Waals surface area contributed by atoms with Crippen LogP contribution in [-0.4, -0.2) is 24.6 Å². The topological polar surface area (TPSA) is 64.3 Å². The minimum atomic E-state index is -0.525. The molecule has 1 amide bonds. The van der Waals surface area contributed by atoms with Crippen molar-refractivity contribution in [2.45, 2.75) is 32.2 Å². The molecule has 1 rings (SSSR count). The number of nitrogens with one attached hydrogen (secondary N) is 1. The van der Waals surface area contributed by atoms with Crippen molar-refractivity contribution in [3.8, 4) is 5.75 Å². The molecule has 0 radical (unpaired) electrons. The number of hydrogen-bond donors (Lipinski definition) is 2. The Morgan fingerprint density at radius 2 is 2.05 bits per heavy atom. The summed E-state index contributed by atoms with van der Waals surface area (Å²) in [7, 11) is 0. The molecule has 0 aliphatic carbocycles. The van der Waals surface area contributed by atoms with E-state index in [1.807, 2.05) is 13.8 Å². The Balaban J connectivity index is 0.00000400. The van der Waals surface area contributed by atoms with E-state index in [0.717, 1.165) is 12.8 Å². The molecule has 21 heavy (non-hydrogen) atoms. The van der Waals surface area contributed by atoms with Crippen LogP contribution in [0.3, 0.4) is 0 Å². The summed E-state index contributed by atoms with van der Waals surface area (Å²) >= 11 is 5.63. The largest absolute Gasteiger partial charge is 0.484 e. The highest BCUT2D eigenvalue weighted by Crippen LogP contribution is 2.21.